The van der Waals surface area contributed by atoms with Crippen molar-refractivity contribution in [3.63, 3.8) is 0 Å². The van der Waals surface area contributed by atoms with E-state index in [0.29, 0.717) is 44.0 Å². The summed E-state index contributed by atoms with van der Waals surface area (Å²) in [6.45, 7) is 6.31. The minimum absolute atomic E-state index is 0.219. The zero-order valence-electron chi connectivity index (χ0n) is 16.7. The van der Waals surface area contributed by atoms with Crippen LogP contribution in [0.2, 0.25) is 0 Å². The van der Waals surface area contributed by atoms with E-state index in [1.165, 1.54) is 0 Å². The number of amides is 3. The lowest BCUT2D eigenvalue weighted by atomic mass is 10.1. The summed E-state index contributed by atoms with van der Waals surface area (Å²) in [5.74, 6) is -0.397. The van der Waals surface area contributed by atoms with Crippen LogP contribution in [0.25, 0.3) is 0 Å². The van der Waals surface area contributed by atoms with Crippen LogP contribution in [0.15, 0.2) is 48.5 Å². The standard InChI is InChI=1S/C22H25N3O4/c1-3-24-13-14-25(22(28)21(24)27)15-16-5-7-17(8-6-16)20(26)23-18-9-11-19(12-10-18)29-4-2/h5-12H,3-4,13-15H2,1-2H3,(H,23,26). The highest BCUT2D eigenvalue weighted by Gasteiger charge is 2.31. The highest BCUT2D eigenvalue weighted by molar-refractivity contribution is 6.35. The molecule has 0 radical (unpaired) electrons. The van der Waals surface area contributed by atoms with E-state index in [4.69, 9.17) is 4.74 Å². The Bertz CT molecular complexity index is 878. The second kappa shape index (κ2) is 9.23. The smallest absolute Gasteiger partial charge is 0.312 e. The van der Waals surface area contributed by atoms with Crippen LogP contribution < -0.4 is 10.1 Å². The number of carbonyl (C=O) groups is 3. The molecule has 1 N–H and O–H groups in total. The molecule has 0 aromatic heterocycles. The second-order valence-corrected chi connectivity index (χ2v) is 6.72. The van der Waals surface area contributed by atoms with Gasteiger partial charge >= 0.3 is 11.8 Å². The fraction of sp³-hybridized carbons (Fsp3) is 0.318. The maximum absolute atomic E-state index is 12.4. The topological polar surface area (TPSA) is 79.0 Å². The van der Waals surface area contributed by atoms with Crippen LogP contribution in [-0.2, 0) is 16.1 Å². The summed E-state index contributed by atoms with van der Waals surface area (Å²) in [5, 5.41) is 2.84. The first-order valence-electron chi connectivity index (χ1n) is 9.73. The molecule has 1 saturated heterocycles. The van der Waals surface area contributed by atoms with Crippen LogP contribution in [0.3, 0.4) is 0 Å². The van der Waals surface area contributed by atoms with Gasteiger partial charge in [0.15, 0.2) is 0 Å². The fourth-order valence-electron chi connectivity index (χ4n) is 3.15. The van der Waals surface area contributed by atoms with E-state index in [2.05, 4.69) is 5.32 Å². The molecule has 0 saturated carbocycles. The zero-order chi connectivity index (χ0) is 20.8. The highest BCUT2D eigenvalue weighted by Crippen LogP contribution is 2.17. The summed E-state index contributed by atoms with van der Waals surface area (Å²) in [4.78, 5) is 39.7. The lowest BCUT2D eigenvalue weighted by molar-refractivity contribution is -0.156. The molecule has 0 unspecified atom stereocenters. The molecule has 2 aromatic carbocycles. The number of likely N-dealkylation sites (N-methyl/N-ethyl adjacent to an activating group) is 1. The predicted octanol–water partition coefficient (Wildman–Crippen LogP) is 2.53. The molecular weight excluding hydrogens is 370 g/mol. The Labute approximate surface area is 170 Å². The van der Waals surface area contributed by atoms with Gasteiger partial charge in [-0.2, -0.15) is 0 Å². The molecule has 1 fully saturated rings. The van der Waals surface area contributed by atoms with Crippen molar-refractivity contribution in [2.45, 2.75) is 20.4 Å². The van der Waals surface area contributed by atoms with E-state index in [1.807, 2.05) is 13.8 Å². The quantitative estimate of drug-likeness (QED) is 0.731. The Hall–Kier alpha value is -3.35. The molecule has 1 heterocycles. The normalized spacial score (nSPS) is 14.1. The molecule has 7 heteroatoms. The van der Waals surface area contributed by atoms with Crippen molar-refractivity contribution in [1.29, 1.82) is 0 Å². The van der Waals surface area contributed by atoms with Crippen LogP contribution in [0, 0.1) is 0 Å². The molecule has 0 aliphatic carbocycles. The summed E-state index contributed by atoms with van der Waals surface area (Å²) in [6, 6.07) is 14.2. The van der Waals surface area contributed by atoms with E-state index in [-0.39, 0.29) is 5.91 Å². The van der Waals surface area contributed by atoms with Gasteiger partial charge < -0.3 is 19.9 Å². The number of hydrogen-bond donors (Lipinski definition) is 1. The van der Waals surface area contributed by atoms with E-state index in [0.717, 1.165) is 11.3 Å². The van der Waals surface area contributed by atoms with Crippen molar-refractivity contribution < 1.29 is 19.1 Å². The first-order chi connectivity index (χ1) is 14.0. The van der Waals surface area contributed by atoms with E-state index in [1.54, 1.807) is 58.3 Å². The zero-order valence-corrected chi connectivity index (χ0v) is 16.7. The first-order valence-corrected chi connectivity index (χ1v) is 9.73. The average molecular weight is 395 g/mol. The lowest BCUT2D eigenvalue weighted by Gasteiger charge is -2.33. The van der Waals surface area contributed by atoms with Gasteiger partial charge in [-0.15, -0.1) is 0 Å². The van der Waals surface area contributed by atoms with E-state index in [9.17, 15) is 14.4 Å². The second-order valence-electron chi connectivity index (χ2n) is 6.72. The van der Waals surface area contributed by atoms with Crippen LogP contribution in [0.1, 0.15) is 29.8 Å². The Kier molecular flexibility index (Phi) is 6.49. The monoisotopic (exact) mass is 395 g/mol. The van der Waals surface area contributed by atoms with Crippen LogP contribution in [0.5, 0.6) is 5.75 Å². The van der Waals surface area contributed by atoms with Crippen molar-refractivity contribution in [1.82, 2.24) is 9.80 Å². The Morgan fingerprint density at radius 1 is 0.931 bits per heavy atom. The van der Waals surface area contributed by atoms with Crippen molar-refractivity contribution >= 4 is 23.4 Å². The minimum Gasteiger partial charge on any atom is -0.494 e. The van der Waals surface area contributed by atoms with Crippen molar-refractivity contribution in [2.75, 3.05) is 31.6 Å². The van der Waals surface area contributed by atoms with Gasteiger partial charge in [0.1, 0.15) is 5.75 Å². The van der Waals surface area contributed by atoms with Crippen molar-refractivity contribution in [3.05, 3.63) is 59.7 Å². The molecule has 7 nitrogen and oxygen atoms in total. The maximum Gasteiger partial charge on any atom is 0.312 e. The fourth-order valence-corrected chi connectivity index (χ4v) is 3.15. The third kappa shape index (κ3) is 4.93. The van der Waals surface area contributed by atoms with Gasteiger partial charge in [0.25, 0.3) is 5.91 Å². The number of carbonyl (C=O) groups excluding carboxylic acids is 3. The third-order valence-corrected chi connectivity index (χ3v) is 4.79. The summed E-state index contributed by atoms with van der Waals surface area (Å²) in [6.07, 6.45) is 0. The predicted molar refractivity (Wildman–Crippen MR) is 110 cm³/mol. The summed E-state index contributed by atoms with van der Waals surface area (Å²) in [7, 11) is 0. The van der Waals surface area contributed by atoms with Gasteiger partial charge in [0, 0.05) is 37.4 Å². The average Bonchev–Trinajstić information content (AvgIpc) is 2.74. The molecule has 1 aliphatic rings. The Morgan fingerprint density at radius 3 is 2.17 bits per heavy atom. The first kappa shape index (κ1) is 20.4. The molecule has 3 amide bonds. The maximum atomic E-state index is 12.4. The molecule has 0 bridgehead atoms. The number of hydrogen-bond acceptors (Lipinski definition) is 4. The summed E-state index contributed by atoms with van der Waals surface area (Å²) in [5.41, 5.74) is 2.06. The number of ether oxygens (including phenoxy) is 1. The third-order valence-electron chi connectivity index (χ3n) is 4.79. The van der Waals surface area contributed by atoms with Crippen molar-refractivity contribution in [2.24, 2.45) is 0 Å². The number of anilines is 1. The molecule has 2 aromatic rings. The molecular formula is C22H25N3O4. The number of benzene rings is 2. The van der Waals surface area contributed by atoms with Crippen LogP contribution >= 0.6 is 0 Å². The molecule has 3 rings (SSSR count). The van der Waals surface area contributed by atoms with Gasteiger partial charge in [-0.1, -0.05) is 12.1 Å². The molecule has 0 spiro atoms. The number of nitrogens with zero attached hydrogens (tertiary/aromatic N) is 2. The largest absolute Gasteiger partial charge is 0.494 e. The van der Waals surface area contributed by atoms with Crippen molar-refractivity contribution in [3.8, 4) is 5.75 Å². The van der Waals surface area contributed by atoms with Crippen LogP contribution in [-0.4, -0.2) is 53.8 Å². The molecule has 1 aliphatic heterocycles. The number of rotatable bonds is 7. The molecule has 152 valence electrons. The molecule has 29 heavy (non-hydrogen) atoms. The Balaban J connectivity index is 1.59. The van der Waals surface area contributed by atoms with Crippen LogP contribution in [0.4, 0.5) is 5.69 Å². The summed E-state index contributed by atoms with van der Waals surface area (Å²) >= 11 is 0. The summed E-state index contributed by atoms with van der Waals surface area (Å²) < 4.78 is 5.39. The van der Waals surface area contributed by atoms with Gasteiger partial charge in [-0.05, 0) is 55.8 Å². The van der Waals surface area contributed by atoms with Gasteiger partial charge in [0.05, 0.1) is 6.61 Å². The SMILES string of the molecule is CCOc1ccc(NC(=O)c2ccc(CN3CCN(CC)C(=O)C3=O)cc2)cc1. The minimum atomic E-state index is -0.476. The van der Waals surface area contributed by atoms with Gasteiger partial charge in [-0.25, -0.2) is 0 Å². The van der Waals surface area contributed by atoms with Gasteiger partial charge in [-0.3, -0.25) is 14.4 Å². The molecule has 0 atom stereocenters. The number of nitrogens with one attached hydrogen (secondary N) is 1. The highest BCUT2D eigenvalue weighted by atomic mass is 16.5. The Morgan fingerprint density at radius 2 is 1.55 bits per heavy atom. The van der Waals surface area contributed by atoms with Gasteiger partial charge in [0.2, 0.25) is 0 Å². The van der Waals surface area contributed by atoms with E-state index >= 15 is 0 Å². The lowest BCUT2D eigenvalue weighted by Crippen LogP contribution is -2.53. The van der Waals surface area contributed by atoms with E-state index < -0.39 is 11.8 Å². The number of piperazine rings is 1.